The zero-order valence-electron chi connectivity index (χ0n) is 10.9. The highest BCUT2D eigenvalue weighted by atomic mass is 19.3. The Morgan fingerprint density at radius 1 is 0.875 bits per heavy atom. The van der Waals surface area contributed by atoms with Gasteiger partial charge in [-0.1, -0.05) is 32.9 Å². The molecule has 0 bridgehead atoms. The second-order valence-electron chi connectivity index (χ2n) is 5.62. The van der Waals surface area contributed by atoms with Crippen LogP contribution >= 0.6 is 0 Å². The van der Waals surface area contributed by atoms with Crippen molar-refractivity contribution in [1.82, 2.24) is 0 Å². The van der Waals surface area contributed by atoms with E-state index in [-0.39, 0.29) is 11.0 Å². The topological polar surface area (TPSA) is 0 Å². The summed E-state index contributed by atoms with van der Waals surface area (Å²) in [5, 5.41) is 0. The second kappa shape index (κ2) is 3.83. The molecule has 1 rings (SSSR count). The highest BCUT2D eigenvalue weighted by Crippen LogP contribution is 2.35. The fourth-order valence-electron chi connectivity index (χ4n) is 2.09. The lowest BCUT2D eigenvalue weighted by Gasteiger charge is -2.24. The molecule has 0 spiro atoms. The van der Waals surface area contributed by atoms with Crippen LogP contribution in [0, 0.1) is 13.8 Å². The molecular formula is C14H20F2. The molecule has 1 aromatic carbocycles. The molecule has 0 aliphatic rings. The van der Waals surface area contributed by atoms with Crippen molar-refractivity contribution in [2.45, 2.75) is 52.9 Å². The lowest BCUT2D eigenvalue weighted by molar-refractivity contribution is 0.0161. The van der Waals surface area contributed by atoms with E-state index in [1.807, 2.05) is 12.1 Å². The normalized spacial score (nSPS) is 13.0. The molecular weight excluding hydrogens is 206 g/mol. The van der Waals surface area contributed by atoms with Crippen LogP contribution in [0.2, 0.25) is 0 Å². The summed E-state index contributed by atoms with van der Waals surface area (Å²) in [6, 6.07) is 3.75. The molecule has 0 unspecified atom stereocenters. The summed E-state index contributed by atoms with van der Waals surface area (Å²) in [6.07, 6.45) is 0. The number of hydrogen-bond donors (Lipinski definition) is 0. The summed E-state index contributed by atoms with van der Waals surface area (Å²) < 4.78 is 26.8. The van der Waals surface area contributed by atoms with E-state index in [4.69, 9.17) is 0 Å². The average molecular weight is 226 g/mol. The maximum Gasteiger partial charge on any atom is 0.271 e. The Balaban J connectivity index is 3.41. The van der Waals surface area contributed by atoms with Gasteiger partial charge in [-0.15, -0.1) is 0 Å². The summed E-state index contributed by atoms with van der Waals surface area (Å²) in [6.45, 7) is 10.7. The third-order valence-corrected chi connectivity index (χ3v) is 2.84. The van der Waals surface area contributed by atoms with Gasteiger partial charge in [-0.2, -0.15) is 0 Å². The van der Waals surface area contributed by atoms with Crippen LogP contribution in [-0.2, 0) is 11.3 Å². The summed E-state index contributed by atoms with van der Waals surface area (Å²) in [5.74, 6) is -2.76. The first-order chi connectivity index (χ1) is 7.03. The molecule has 0 saturated heterocycles. The van der Waals surface area contributed by atoms with Gasteiger partial charge in [0.05, 0.1) is 0 Å². The lowest BCUT2D eigenvalue weighted by atomic mass is 9.83. The monoisotopic (exact) mass is 226 g/mol. The van der Waals surface area contributed by atoms with Crippen LogP contribution in [-0.4, -0.2) is 0 Å². The predicted molar refractivity (Wildman–Crippen MR) is 64.2 cm³/mol. The van der Waals surface area contributed by atoms with Crippen LogP contribution in [0.15, 0.2) is 12.1 Å². The first-order valence-corrected chi connectivity index (χ1v) is 5.53. The van der Waals surface area contributed by atoms with Gasteiger partial charge < -0.3 is 0 Å². The van der Waals surface area contributed by atoms with Crippen molar-refractivity contribution in [2.75, 3.05) is 0 Å². The van der Waals surface area contributed by atoms with Gasteiger partial charge in [0.2, 0.25) is 0 Å². The lowest BCUT2D eigenvalue weighted by Crippen LogP contribution is -2.16. The summed E-state index contributed by atoms with van der Waals surface area (Å²) in [5.41, 5.74) is 2.63. The number of aryl methyl sites for hydroxylation is 2. The predicted octanol–water partition coefficient (Wildman–Crippen LogP) is 4.71. The van der Waals surface area contributed by atoms with Crippen LogP contribution in [0.25, 0.3) is 0 Å². The number of halogens is 2. The van der Waals surface area contributed by atoms with Gasteiger partial charge in [0, 0.05) is 12.5 Å². The van der Waals surface area contributed by atoms with E-state index in [9.17, 15) is 8.78 Å². The minimum absolute atomic E-state index is 0.00290. The first kappa shape index (κ1) is 13.1. The number of rotatable bonds is 1. The molecule has 0 aliphatic carbocycles. The Hall–Kier alpha value is -0.920. The molecule has 0 fully saturated rings. The minimum Gasteiger partial charge on any atom is -0.202 e. The van der Waals surface area contributed by atoms with Gasteiger partial charge in [0.25, 0.3) is 5.92 Å². The molecule has 0 radical (unpaired) electrons. The molecule has 0 aliphatic heterocycles. The third-order valence-electron chi connectivity index (χ3n) is 2.84. The minimum atomic E-state index is -2.76. The van der Waals surface area contributed by atoms with Crippen molar-refractivity contribution in [3.05, 3.63) is 34.4 Å². The second-order valence-corrected chi connectivity index (χ2v) is 5.62. The molecule has 90 valence electrons. The fraction of sp³-hybridized carbons (Fsp3) is 0.571. The maximum absolute atomic E-state index is 13.4. The molecule has 0 heterocycles. The molecule has 0 amide bonds. The van der Waals surface area contributed by atoms with Crippen LogP contribution in [0.3, 0.4) is 0 Å². The van der Waals surface area contributed by atoms with Crippen molar-refractivity contribution in [3.63, 3.8) is 0 Å². The fourth-order valence-corrected chi connectivity index (χ4v) is 2.09. The van der Waals surface area contributed by atoms with E-state index in [1.54, 1.807) is 13.8 Å². The first-order valence-electron chi connectivity index (χ1n) is 5.53. The summed E-state index contributed by atoms with van der Waals surface area (Å²) in [4.78, 5) is 0. The average Bonchev–Trinajstić information content (AvgIpc) is 1.97. The van der Waals surface area contributed by atoms with Crippen LogP contribution < -0.4 is 0 Å². The molecule has 0 atom stereocenters. The Labute approximate surface area is 96.7 Å². The van der Waals surface area contributed by atoms with E-state index >= 15 is 0 Å². The van der Waals surface area contributed by atoms with Crippen LogP contribution in [0.5, 0.6) is 0 Å². The molecule has 0 nitrogen and oxygen atoms in total. The Morgan fingerprint density at radius 3 is 1.50 bits per heavy atom. The van der Waals surface area contributed by atoms with E-state index < -0.39 is 5.92 Å². The van der Waals surface area contributed by atoms with Gasteiger partial charge in [0.1, 0.15) is 0 Å². The SMILES string of the molecule is Cc1cc(C(C)(C)C)cc(C)c1C(C)(F)F. The standard InChI is InChI=1S/C14H20F2/c1-9-7-11(13(3,4)5)8-10(2)12(9)14(6,15)16/h7-8H,1-6H3. The smallest absolute Gasteiger partial charge is 0.202 e. The molecule has 16 heavy (non-hydrogen) atoms. The van der Waals surface area contributed by atoms with Gasteiger partial charge in [-0.05, 0) is 36.0 Å². The summed E-state index contributed by atoms with van der Waals surface area (Å²) in [7, 11) is 0. The van der Waals surface area contributed by atoms with Crippen molar-refractivity contribution < 1.29 is 8.78 Å². The zero-order valence-corrected chi connectivity index (χ0v) is 10.9. The van der Waals surface area contributed by atoms with Gasteiger partial charge in [-0.25, -0.2) is 8.78 Å². The maximum atomic E-state index is 13.4. The Morgan fingerprint density at radius 2 is 1.25 bits per heavy atom. The molecule has 0 saturated carbocycles. The largest absolute Gasteiger partial charge is 0.271 e. The van der Waals surface area contributed by atoms with Crippen molar-refractivity contribution >= 4 is 0 Å². The van der Waals surface area contributed by atoms with Crippen LogP contribution in [0.1, 0.15) is 49.9 Å². The van der Waals surface area contributed by atoms with Crippen LogP contribution in [0.4, 0.5) is 8.78 Å². The highest BCUT2D eigenvalue weighted by molar-refractivity contribution is 5.42. The van der Waals surface area contributed by atoms with Crippen molar-refractivity contribution in [3.8, 4) is 0 Å². The van der Waals surface area contributed by atoms with Gasteiger partial charge in [-0.3, -0.25) is 0 Å². The quantitative estimate of drug-likeness (QED) is 0.650. The Kier molecular flexibility index (Phi) is 3.15. The molecule has 0 N–H and O–H groups in total. The van der Waals surface area contributed by atoms with E-state index in [2.05, 4.69) is 20.8 Å². The zero-order chi connectivity index (χ0) is 12.7. The van der Waals surface area contributed by atoms with Gasteiger partial charge in [0.15, 0.2) is 0 Å². The number of alkyl halides is 2. The summed E-state index contributed by atoms with van der Waals surface area (Å²) >= 11 is 0. The Bertz CT molecular complexity index is 369. The van der Waals surface area contributed by atoms with E-state index in [0.717, 1.165) is 12.5 Å². The number of benzene rings is 1. The third kappa shape index (κ3) is 2.60. The number of hydrogen-bond acceptors (Lipinski definition) is 0. The molecule has 0 aromatic heterocycles. The van der Waals surface area contributed by atoms with Crippen molar-refractivity contribution in [2.24, 2.45) is 0 Å². The van der Waals surface area contributed by atoms with Crippen molar-refractivity contribution in [1.29, 1.82) is 0 Å². The van der Waals surface area contributed by atoms with E-state index in [0.29, 0.717) is 11.1 Å². The van der Waals surface area contributed by atoms with E-state index in [1.165, 1.54) is 0 Å². The highest BCUT2D eigenvalue weighted by Gasteiger charge is 2.29. The van der Waals surface area contributed by atoms with Gasteiger partial charge >= 0.3 is 0 Å². The molecule has 1 aromatic rings. The molecule has 2 heteroatoms.